The molecule has 0 spiro atoms. The average Bonchev–Trinajstić information content (AvgIpc) is 3.43. The summed E-state index contributed by atoms with van der Waals surface area (Å²) in [6.07, 6.45) is 1.12. The lowest BCUT2D eigenvalue weighted by atomic mass is 9.96. The highest BCUT2D eigenvalue weighted by Crippen LogP contribution is 2.44. The zero-order valence-electron chi connectivity index (χ0n) is 19.2. The quantitative estimate of drug-likeness (QED) is 0.522. The smallest absolute Gasteiger partial charge is 0.408 e. The van der Waals surface area contributed by atoms with Gasteiger partial charge in [0.2, 0.25) is 5.91 Å². The number of amides is 2. The number of benzene rings is 2. The number of ether oxygens (including phenoxy) is 2. The summed E-state index contributed by atoms with van der Waals surface area (Å²) >= 11 is 0. The van der Waals surface area contributed by atoms with Crippen LogP contribution in [0.25, 0.3) is 11.1 Å². The molecule has 180 valence electrons. The first kappa shape index (κ1) is 23.8. The normalized spacial score (nSPS) is 16.9. The van der Waals surface area contributed by atoms with Gasteiger partial charge in [0.15, 0.2) is 0 Å². The molecule has 2 amide bonds. The minimum absolute atomic E-state index is 0.0513. The van der Waals surface area contributed by atoms with E-state index in [9.17, 15) is 14.4 Å². The molecule has 3 N–H and O–H groups in total. The van der Waals surface area contributed by atoms with E-state index >= 15 is 0 Å². The number of rotatable bonds is 9. The van der Waals surface area contributed by atoms with Crippen molar-refractivity contribution in [3.63, 3.8) is 0 Å². The summed E-state index contributed by atoms with van der Waals surface area (Å²) in [6.45, 7) is 0.220. The van der Waals surface area contributed by atoms with Crippen LogP contribution in [0.15, 0.2) is 48.5 Å². The maximum Gasteiger partial charge on any atom is 0.408 e. The number of carboxylic acids is 1. The lowest BCUT2D eigenvalue weighted by Gasteiger charge is -2.29. The zero-order valence-corrected chi connectivity index (χ0v) is 19.2. The van der Waals surface area contributed by atoms with E-state index in [1.165, 1.54) is 7.11 Å². The van der Waals surface area contributed by atoms with Crippen LogP contribution in [0.3, 0.4) is 0 Å². The van der Waals surface area contributed by atoms with E-state index in [0.29, 0.717) is 12.8 Å². The van der Waals surface area contributed by atoms with Crippen molar-refractivity contribution in [1.82, 2.24) is 10.6 Å². The van der Waals surface area contributed by atoms with Crippen LogP contribution in [-0.2, 0) is 19.1 Å². The molecule has 0 saturated heterocycles. The van der Waals surface area contributed by atoms with Gasteiger partial charge in [-0.25, -0.2) is 4.79 Å². The van der Waals surface area contributed by atoms with Gasteiger partial charge >= 0.3 is 12.1 Å². The molecule has 0 bridgehead atoms. The fourth-order valence-electron chi connectivity index (χ4n) is 5.03. The second kappa shape index (κ2) is 10.3. The standard InChI is InChI=1S/C26H30N2O6/c1-33-17(14-23(29)30)15-27-24(31)26(12-6-7-13-26)28-25(32)34-16-22-20-10-4-2-8-18(20)19-9-3-5-11-21(19)22/h2-5,8-11,17,22H,6-7,12-16H2,1H3,(H,27,31)(H,28,32)(H,29,30). The molecule has 2 aliphatic rings. The van der Waals surface area contributed by atoms with Crippen LogP contribution in [0.4, 0.5) is 4.79 Å². The number of methoxy groups -OCH3 is 1. The molecule has 1 atom stereocenters. The maximum absolute atomic E-state index is 13.0. The lowest BCUT2D eigenvalue weighted by Crippen LogP contribution is -2.58. The van der Waals surface area contributed by atoms with E-state index in [2.05, 4.69) is 34.9 Å². The number of carbonyl (C=O) groups excluding carboxylic acids is 2. The Balaban J connectivity index is 1.39. The summed E-state index contributed by atoms with van der Waals surface area (Å²) < 4.78 is 10.8. The van der Waals surface area contributed by atoms with Gasteiger partial charge < -0.3 is 25.2 Å². The highest BCUT2D eigenvalue weighted by atomic mass is 16.5. The second-order valence-corrected chi connectivity index (χ2v) is 8.91. The summed E-state index contributed by atoms with van der Waals surface area (Å²) in [6, 6.07) is 16.2. The van der Waals surface area contributed by atoms with Crippen molar-refractivity contribution < 1.29 is 29.0 Å². The zero-order chi connectivity index (χ0) is 24.1. The van der Waals surface area contributed by atoms with Crippen molar-refractivity contribution in [2.45, 2.75) is 49.7 Å². The van der Waals surface area contributed by atoms with Crippen molar-refractivity contribution in [3.8, 4) is 11.1 Å². The van der Waals surface area contributed by atoms with Gasteiger partial charge in [0.25, 0.3) is 0 Å². The van der Waals surface area contributed by atoms with E-state index in [1.54, 1.807) is 0 Å². The van der Waals surface area contributed by atoms with Gasteiger partial charge in [-0.05, 0) is 35.1 Å². The molecule has 0 heterocycles. The predicted molar refractivity (Wildman–Crippen MR) is 125 cm³/mol. The van der Waals surface area contributed by atoms with Crippen molar-refractivity contribution >= 4 is 18.0 Å². The number of carboxylic acid groups (broad SMARTS) is 1. The molecule has 1 saturated carbocycles. The van der Waals surface area contributed by atoms with Crippen LogP contribution in [-0.4, -0.2) is 55.0 Å². The number of alkyl carbamates (subject to hydrolysis) is 1. The van der Waals surface area contributed by atoms with Gasteiger partial charge in [0.05, 0.1) is 12.5 Å². The summed E-state index contributed by atoms with van der Waals surface area (Å²) in [7, 11) is 1.40. The molecule has 4 rings (SSSR count). The molecule has 0 aromatic heterocycles. The highest BCUT2D eigenvalue weighted by Gasteiger charge is 2.43. The number of carbonyl (C=O) groups is 3. The fraction of sp³-hybridized carbons (Fsp3) is 0.423. The Labute approximate surface area is 198 Å². The SMILES string of the molecule is COC(CNC(=O)C1(NC(=O)OCC2c3ccccc3-c3ccccc32)CCCC1)CC(=O)O. The Hall–Kier alpha value is -3.39. The summed E-state index contributed by atoms with van der Waals surface area (Å²) in [5, 5.41) is 14.5. The topological polar surface area (TPSA) is 114 Å². The molecule has 8 heteroatoms. The van der Waals surface area contributed by atoms with Crippen LogP contribution in [0.5, 0.6) is 0 Å². The van der Waals surface area contributed by atoms with E-state index in [0.717, 1.165) is 35.1 Å². The summed E-state index contributed by atoms with van der Waals surface area (Å²) in [4.78, 5) is 36.8. The molecule has 8 nitrogen and oxygen atoms in total. The van der Waals surface area contributed by atoms with Crippen LogP contribution in [0.2, 0.25) is 0 Å². The van der Waals surface area contributed by atoms with Crippen LogP contribution < -0.4 is 10.6 Å². The van der Waals surface area contributed by atoms with E-state index in [1.807, 2.05) is 24.3 Å². The second-order valence-electron chi connectivity index (χ2n) is 8.91. The molecular formula is C26H30N2O6. The van der Waals surface area contributed by atoms with Gasteiger partial charge in [0.1, 0.15) is 12.1 Å². The number of fused-ring (bicyclic) bond motifs is 3. The molecule has 2 aromatic carbocycles. The van der Waals surface area contributed by atoms with Crippen molar-refractivity contribution in [1.29, 1.82) is 0 Å². The minimum atomic E-state index is -1.07. The third kappa shape index (κ3) is 4.92. The van der Waals surface area contributed by atoms with Gasteiger partial charge in [-0.15, -0.1) is 0 Å². The molecule has 0 radical (unpaired) electrons. The van der Waals surface area contributed by atoms with Crippen LogP contribution in [0, 0.1) is 0 Å². The molecule has 2 aromatic rings. The van der Waals surface area contributed by atoms with E-state index in [-0.39, 0.29) is 31.4 Å². The largest absolute Gasteiger partial charge is 0.481 e. The Bertz CT molecular complexity index is 1020. The van der Waals surface area contributed by atoms with E-state index < -0.39 is 23.7 Å². The van der Waals surface area contributed by atoms with Crippen LogP contribution >= 0.6 is 0 Å². The molecule has 1 unspecified atom stereocenters. The van der Waals surface area contributed by atoms with Crippen molar-refractivity contribution in [2.75, 3.05) is 20.3 Å². The highest BCUT2D eigenvalue weighted by molar-refractivity contribution is 5.90. The van der Waals surface area contributed by atoms with Gasteiger partial charge in [-0.3, -0.25) is 9.59 Å². The predicted octanol–water partition coefficient (Wildman–Crippen LogP) is 3.44. The Morgan fingerprint density at radius 2 is 1.62 bits per heavy atom. The summed E-state index contributed by atoms with van der Waals surface area (Å²) in [5.74, 6) is -1.41. The van der Waals surface area contributed by atoms with Gasteiger partial charge in [-0.1, -0.05) is 61.4 Å². The molecule has 2 aliphatic carbocycles. The Morgan fingerprint density at radius 1 is 1.03 bits per heavy atom. The number of aliphatic carboxylic acids is 1. The number of nitrogens with one attached hydrogen (secondary N) is 2. The van der Waals surface area contributed by atoms with Gasteiger partial charge in [-0.2, -0.15) is 0 Å². The molecule has 0 aliphatic heterocycles. The Kier molecular flexibility index (Phi) is 7.17. The number of hydrogen-bond acceptors (Lipinski definition) is 5. The first-order valence-corrected chi connectivity index (χ1v) is 11.6. The van der Waals surface area contributed by atoms with E-state index in [4.69, 9.17) is 14.6 Å². The van der Waals surface area contributed by atoms with Crippen molar-refractivity contribution in [2.24, 2.45) is 0 Å². The van der Waals surface area contributed by atoms with Gasteiger partial charge in [0, 0.05) is 19.6 Å². The minimum Gasteiger partial charge on any atom is -0.481 e. The first-order chi connectivity index (χ1) is 16.4. The third-order valence-corrected chi connectivity index (χ3v) is 6.80. The average molecular weight is 467 g/mol. The molecule has 1 fully saturated rings. The number of hydrogen-bond donors (Lipinski definition) is 3. The molecule has 34 heavy (non-hydrogen) atoms. The van der Waals surface area contributed by atoms with Crippen LogP contribution in [0.1, 0.15) is 49.1 Å². The van der Waals surface area contributed by atoms with Crippen molar-refractivity contribution in [3.05, 3.63) is 59.7 Å². The third-order valence-electron chi connectivity index (χ3n) is 6.80. The molecular weight excluding hydrogens is 436 g/mol. The lowest BCUT2D eigenvalue weighted by molar-refractivity contribution is -0.140. The maximum atomic E-state index is 13.0. The monoisotopic (exact) mass is 466 g/mol. The fourth-order valence-corrected chi connectivity index (χ4v) is 5.03. The first-order valence-electron chi connectivity index (χ1n) is 11.6. The summed E-state index contributed by atoms with van der Waals surface area (Å²) in [5.41, 5.74) is 3.47. The Morgan fingerprint density at radius 3 is 2.18 bits per heavy atom.